The standard InChI is InChI=1S/C12H10F9NO/c13-10(14,15)6-1-5(2-7(3-6)11(16,17)18)8(23)4-9(22)12(19,20)21/h1-3,8-9,23H,4,22H2/t8-,9+/m1/s1. The van der Waals surface area contributed by atoms with Crippen LogP contribution in [0.2, 0.25) is 0 Å². The van der Waals surface area contributed by atoms with E-state index < -0.39 is 53.8 Å². The van der Waals surface area contributed by atoms with Gasteiger partial charge in [-0.15, -0.1) is 0 Å². The van der Waals surface area contributed by atoms with Crippen molar-refractivity contribution in [2.24, 2.45) is 5.73 Å². The van der Waals surface area contributed by atoms with Crippen molar-refractivity contribution in [1.82, 2.24) is 0 Å². The molecule has 0 bridgehead atoms. The molecule has 1 rings (SSSR count). The van der Waals surface area contributed by atoms with Crippen molar-refractivity contribution in [3.8, 4) is 0 Å². The molecule has 23 heavy (non-hydrogen) atoms. The molecule has 1 aromatic rings. The van der Waals surface area contributed by atoms with Crippen LogP contribution in [0.5, 0.6) is 0 Å². The summed E-state index contributed by atoms with van der Waals surface area (Å²) in [6.45, 7) is 0. The Morgan fingerprint density at radius 2 is 1.22 bits per heavy atom. The van der Waals surface area contributed by atoms with Crippen molar-refractivity contribution in [1.29, 1.82) is 0 Å². The number of aliphatic hydroxyl groups is 1. The minimum absolute atomic E-state index is 0.156. The molecule has 0 amide bonds. The van der Waals surface area contributed by atoms with Crippen LogP contribution in [0.25, 0.3) is 0 Å². The van der Waals surface area contributed by atoms with Gasteiger partial charge in [0.05, 0.1) is 17.2 Å². The largest absolute Gasteiger partial charge is 0.416 e. The highest BCUT2D eigenvalue weighted by Gasteiger charge is 2.40. The molecule has 11 heteroatoms. The maximum atomic E-state index is 12.6. The highest BCUT2D eigenvalue weighted by molar-refractivity contribution is 5.34. The molecular weight excluding hydrogens is 345 g/mol. The van der Waals surface area contributed by atoms with Gasteiger partial charge in [-0.05, 0) is 23.8 Å². The molecule has 0 saturated carbocycles. The van der Waals surface area contributed by atoms with Gasteiger partial charge in [-0.1, -0.05) is 0 Å². The monoisotopic (exact) mass is 355 g/mol. The van der Waals surface area contributed by atoms with Gasteiger partial charge < -0.3 is 10.8 Å². The highest BCUT2D eigenvalue weighted by Crippen LogP contribution is 2.38. The molecule has 0 unspecified atom stereocenters. The summed E-state index contributed by atoms with van der Waals surface area (Å²) in [5.41, 5.74) is 0.287. The molecule has 2 atom stereocenters. The first-order chi connectivity index (χ1) is 10.1. The third-order valence-electron chi connectivity index (χ3n) is 2.89. The molecule has 0 saturated heterocycles. The SMILES string of the molecule is N[C@@H](C[C@@H](O)c1cc(C(F)(F)F)cc(C(F)(F)F)c1)C(F)(F)F. The molecule has 2 nitrogen and oxygen atoms in total. The second-order valence-electron chi connectivity index (χ2n) is 4.74. The van der Waals surface area contributed by atoms with Gasteiger partial charge >= 0.3 is 18.5 Å². The summed E-state index contributed by atoms with van der Waals surface area (Å²) in [4.78, 5) is 0. The van der Waals surface area contributed by atoms with Gasteiger partial charge in [-0.25, -0.2) is 0 Å². The Labute approximate surface area is 123 Å². The first-order valence-corrected chi connectivity index (χ1v) is 5.92. The van der Waals surface area contributed by atoms with Gasteiger partial charge in [-0.2, -0.15) is 39.5 Å². The topological polar surface area (TPSA) is 46.2 Å². The number of nitrogens with two attached hydrogens (primary N) is 1. The van der Waals surface area contributed by atoms with E-state index >= 15 is 0 Å². The van der Waals surface area contributed by atoms with Crippen LogP contribution < -0.4 is 5.73 Å². The number of halogens is 9. The number of hydrogen-bond donors (Lipinski definition) is 2. The Morgan fingerprint density at radius 1 is 0.826 bits per heavy atom. The summed E-state index contributed by atoms with van der Waals surface area (Å²) in [6, 6.07) is -2.48. The normalized spacial score (nSPS) is 16.3. The number of aliphatic hydroxyl groups excluding tert-OH is 1. The Kier molecular flexibility index (Phi) is 5.26. The molecule has 0 aliphatic carbocycles. The maximum absolute atomic E-state index is 12.6. The van der Waals surface area contributed by atoms with Crippen LogP contribution in [-0.2, 0) is 12.4 Å². The van der Waals surface area contributed by atoms with Crippen molar-refractivity contribution in [3.05, 3.63) is 34.9 Å². The van der Waals surface area contributed by atoms with Gasteiger partial charge in [-0.3, -0.25) is 0 Å². The lowest BCUT2D eigenvalue weighted by molar-refractivity contribution is -0.154. The van der Waals surface area contributed by atoms with Gasteiger partial charge in [0, 0.05) is 6.42 Å². The van der Waals surface area contributed by atoms with E-state index in [9.17, 15) is 44.6 Å². The number of alkyl halides is 9. The summed E-state index contributed by atoms with van der Waals surface area (Å²) in [5.74, 6) is 0. The molecule has 0 fully saturated rings. The minimum Gasteiger partial charge on any atom is -0.388 e. The zero-order valence-corrected chi connectivity index (χ0v) is 11.0. The zero-order chi connectivity index (χ0) is 18.2. The van der Waals surface area contributed by atoms with Crippen LogP contribution in [0, 0.1) is 0 Å². The smallest absolute Gasteiger partial charge is 0.388 e. The van der Waals surface area contributed by atoms with E-state index in [1.54, 1.807) is 0 Å². The van der Waals surface area contributed by atoms with Crippen LogP contribution in [0.4, 0.5) is 39.5 Å². The molecule has 0 aliphatic rings. The van der Waals surface area contributed by atoms with Crippen molar-refractivity contribution in [2.45, 2.75) is 37.1 Å². The lowest BCUT2D eigenvalue weighted by Crippen LogP contribution is -2.38. The van der Waals surface area contributed by atoms with Crippen molar-refractivity contribution in [2.75, 3.05) is 0 Å². The molecule has 3 N–H and O–H groups in total. The Balaban J connectivity index is 3.25. The first-order valence-electron chi connectivity index (χ1n) is 5.92. The summed E-state index contributed by atoms with van der Waals surface area (Å²) >= 11 is 0. The van der Waals surface area contributed by atoms with E-state index in [1.165, 1.54) is 0 Å². The van der Waals surface area contributed by atoms with E-state index in [0.29, 0.717) is 0 Å². The van der Waals surface area contributed by atoms with Crippen LogP contribution in [0.15, 0.2) is 18.2 Å². The molecule has 1 aromatic carbocycles. The quantitative estimate of drug-likeness (QED) is 0.804. The van der Waals surface area contributed by atoms with Gasteiger partial charge in [0.1, 0.15) is 6.04 Å². The lowest BCUT2D eigenvalue weighted by atomic mass is 9.97. The van der Waals surface area contributed by atoms with Crippen LogP contribution >= 0.6 is 0 Å². The third-order valence-corrected chi connectivity index (χ3v) is 2.89. The molecule has 0 spiro atoms. The summed E-state index contributed by atoms with van der Waals surface area (Å²) < 4.78 is 112. The lowest BCUT2D eigenvalue weighted by Gasteiger charge is -2.21. The molecule has 0 radical (unpaired) electrons. The summed E-state index contributed by atoms with van der Waals surface area (Å²) in [7, 11) is 0. The minimum atomic E-state index is -5.16. The first kappa shape index (κ1) is 19.6. The fourth-order valence-corrected chi connectivity index (χ4v) is 1.68. The van der Waals surface area contributed by atoms with Gasteiger partial charge in [0.2, 0.25) is 0 Å². The van der Waals surface area contributed by atoms with E-state index in [-0.39, 0.29) is 18.2 Å². The predicted molar refractivity (Wildman–Crippen MR) is 60.1 cm³/mol. The van der Waals surface area contributed by atoms with E-state index in [4.69, 9.17) is 5.73 Å². The van der Waals surface area contributed by atoms with Gasteiger partial charge in [0.15, 0.2) is 0 Å². The van der Waals surface area contributed by atoms with Crippen molar-refractivity contribution >= 4 is 0 Å². The molecule has 0 aromatic heterocycles. The summed E-state index contributed by atoms with van der Waals surface area (Å²) in [5, 5.41) is 9.52. The number of benzene rings is 1. The van der Waals surface area contributed by atoms with Crippen LogP contribution in [-0.4, -0.2) is 17.3 Å². The average molecular weight is 355 g/mol. The molecule has 0 aliphatic heterocycles. The average Bonchev–Trinajstić information content (AvgIpc) is 2.34. The Bertz CT molecular complexity index is 515. The van der Waals surface area contributed by atoms with Crippen LogP contribution in [0.1, 0.15) is 29.2 Å². The van der Waals surface area contributed by atoms with E-state index in [0.717, 1.165) is 0 Å². The Hall–Kier alpha value is -1.49. The van der Waals surface area contributed by atoms with E-state index in [2.05, 4.69) is 0 Å². The number of rotatable bonds is 3. The third kappa shape index (κ3) is 5.27. The number of hydrogen-bond acceptors (Lipinski definition) is 2. The zero-order valence-electron chi connectivity index (χ0n) is 11.0. The Morgan fingerprint density at radius 3 is 1.52 bits per heavy atom. The van der Waals surface area contributed by atoms with Crippen molar-refractivity contribution < 1.29 is 44.6 Å². The fourth-order valence-electron chi connectivity index (χ4n) is 1.68. The second-order valence-corrected chi connectivity index (χ2v) is 4.74. The molecule has 132 valence electrons. The summed E-state index contributed by atoms with van der Waals surface area (Å²) in [6.07, 6.45) is -18.8. The van der Waals surface area contributed by atoms with E-state index in [1.807, 2.05) is 0 Å². The predicted octanol–water partition coefficient (Wildman–Crippen LogP) is 4.04. The molecular formula is C12H10F9NO. The highest BCUT2D eigenvalue weighted by atomic mass is 19.4. The van der Waals surface area contributed by atoms with Crippen molar-refractivity contribution in [3.63, 3.8) is 0 Å². The van der Waals surface area contributed by atoms with Gasteiger partial charge in [0.25, 0.3) is 0 Å². The molecule has 0 heterocycles. The van der Waals surface area contributed by atoms with Crippen LogP contribution in [0.3, 0.4) is 0 Å². The second kappa shape index (κ2) is 6.19. The fraction of sp³-hybridized carbons (Fsp3) is 0.500. The maximum Gasteiger partial charge on any atom is 0.416 e.